The Hall–Kier alpha value is -1.64. The van der Waals surface area contributed by atoms with E-state index in [0.717, 1.165) is 18.4 Å². The van der Waals surface area contributed by atoms with Gasteiger partial charge < -0.3 is 9.84 Å². The van der Waals surface area contributed by atoms with Gasteiger partial charge in [-0.1, -0.05) is 80.8 Å². The number of allylic oxidation sites excluding steroid dienone is 3. The van der Waals surface area contributed by atoms with Crippen LogP contribution in [-0.2, 0) is 4.74 Å². The lowest BCUT2D eigenvalue weighted by Gasteiger charge is -2.30. The normalized spacial score (nSPS) is 20.9. The second-order valence-electron chi connectivity index (χ2n) is 6.12. The van der Waals surface area contributed by atoms with Crippen molar-refractivity contribution >= 4 is 6.08 Å². The quantitative estimate of drug-likeness (QED) is 0.656. The highest BCUT2D eigenvalue weighted by Crippen LogP contribution is 2.26. The van der Waals surface area contributed by atoms with Crippen molar-refractivity contribution in [2.75, 3.05) is 13.2 Å². The van der Waals surface area contributed by atoms with Crippen LogP contribution in [-0.4, -0.2) is 23.9 Å². The largest absolute Gasteiger partial charge is 0.393 e. The molecular weight excluding hydrogens is 284 g/mol. The van der Waals surface area contributed by atoms with Crippen molar-refractivity contribution in [1.29, 1.82) is 0 Å². The average Bonchev–Trinajstić information content (AvgIpc) is 2.62. The highest BCUT2D eigenvalue weighted by molar-refractivity contribution is 5.55. The van der Waals surface area contributed by atoms with Crippen molar-refractivity contribution in [3.05, 3.63) is 65.8 Å². The maximum Gasteiger partial charge on any atom is 0.113 e. The Morgan fingerprint density at radius 3 is 2.61 bits per heavy atom. The molecule has 1 N–H and O–H groups in total. The van der Waals surface area contributed by atoms with Crippen LogP contribution in [0.1, 0.15) is 44.6 Å². The zero-order valence-corrected chi connectivity index (χ0v) is 14.1. The molecule has 0 bridgehead atoms. The first-order chi connectivity index (χ1) is 11.3. The van der Waals surface area contributed by atoms with Gasteiger partial charge in [0.15, 0.2) is 0 Å². The Bertz CT molecular complexity index is 542. The number of benzene rings is 1. The maximum absolute atomic E-state index is 9.71. The molecule has 2 nitrogen and oxygen atoms in total. The summed E-state index contributed by atoms with van der Waals surface area (Å²) in [5, 5.41) is 9.71. The van der Waals surface area contributed by atoms with Gasteiger partial charge >= 0.3 is 0 Å². The van der Waals surface area contributed by atoms with Crippen molar-refractivity contribution in [1.82, 2.24) is 0 Å². The molecule has 1 unspecified atom stereocenters. The molecule has 0 amide bonds. The van der Waals surface area contributed by atoms with Crippen LogP contribution in [0.5, 0.6) is 0 Å². The Kier molecular flexibility index (Phi) is 7.31. The minimum Gasteiger partial charge on any atom is -0.393 e. The van der Waals surface area contributed by atoms with Crippen LogP contribution in [0, 0.1) is 0 Å². The van der Waals surface area contributed by atoms with E-state index in [1.807, 2.05) is 30.4 Å². The maximum atomic E-state index is 9.71. The predicted molar refractivity (Wildman–Crippen MR) is 97.2 cm³/mol. The average molecular weight is 312 g/mol. The lowest BCUT2D eigenvalue weighted by atomic mass is 9.92. The van der Waals surface area contributed by atoms with Crippen molar-refractivity contribution in [3.8, 4) is 0 Å². The molecule has 2 rings (SSSR count). The van der Waals surface area contributed by atoms with Gasteiger partial charge in [-0.3, -0.25) is 0 Å². The summed E-state index contributed by atoms with van der Waals surface area (Å²) in [5.41, 5.74) is 1.82. The Labute approximate surface area is 140 Å². The third-order valence-electron chi connectivity index (χ3n) is 4.19. The van der Waals surface area contributed by atoms with E-state index in [0.29, 0.717) is 6.61 Å². The number of aliphatic hydroxyl groups excluding tert-OH is 1. The minimum absolute atomic E-state index is 0.0312. The van der Waals surface area contributed by atoms with Crippen molar-refractivity contribution in [3.63, 3.8) is 0 Å². The van der Waals surface area contributed by atoms with Gasteiger partial charge in [-0.15, -0.1) is 0 Å². The van der Waals surface area contributed by atoms with E-state index in [-0.39, 0.29) is 6.61 Å². The summed E-state index contributed by atoms with van der Waals surface area (Å²) in [7, 11) is 0. The predicted octanol–water partition coefficient (Wildman–Crippen LogP) is 4.91. The summed E-state index contributed by atoms with van der Waals surface area (Å²) in [6.07, 6.45) is 15.9. The molecule has 1 aromatic rings. The van der Waals surface area contributed by atoms with Gasteiger partial charge in [0.25, 0.3) is 0 Å². The zero-order valence-electron chi connectivity index (χ0n) is 14.1. The highest BCUT2D eigenvalue weighted by Gasteiger charge is 2.27. The zero-order chi connectivity index (χ0) is 16.4. The summed E-state index contributed by atoms with van der Waals surface area (Å²) in [6.45, 7) is 2.95. The van der Waals surface area contributed by atoms with Gasteiger partial charge in [0.1, 0.15) is 5.60 Å². The second-order valence-corrected chi connectivity index (χ2v) is 6.12. The Morgan fingerprint density at radius 1 is 1.13 bits per heavy atom. The third-order valence-corrected chi connectivity index (χ3v) is 4.19. The van der Waals surface area contributed by atoms with Gasteiger partial charge in [0, 0.05) is 13.0 Å². The Morgan fingerprint density at radius 2 is 1.96 bits per heavy atom. The summed E-state index contributed by atoms with van der Waals surface area (Å²) < 4.78 is 5.97. The second kappa shape index (κ2) is 9.49. The third kappa shape index (κ3) is 5.81. The van der Waals surface area contributed by atoms with Crippen LogP contribution < -0.4 is 0 Å². The monoisotopic (exact) mass is 312 g/mol. The number of hydrogen-bond acceptors (Lipinski definition) is 2. The van der Waals surface area contributed by atoms with E-state index in [4.69, 9.17) is 4.74 Å². The fourth-order valence-corrected chi connectivity index (χ4v) is 2.63. The minimum atomic E-state index is -0.531. The molecule has 0 aliphatic heterocycles. The summed E-state index contributed by atoms with van der Waals surface area (Å²) in [6, 6.07) is 10.3. The molecule has 0 saturated heterocycles. The first kappa shape index (κ1) is 17.7. The number of aliphatic hydroxyl groups is 1. The van der Waals surface area contributed by atoms with Crippen LogP contribution in [0.3, 0.4) is 0 Å². The van der Waals surface area contributed by atoms with Gasteiger partial charge in [0.2, 0.25) is 0 Å². The number of hydrogen-bond donors (Lipinski definition) is 1. The van der Waals surface area contributed by atoms with Crippen molar-refractivity contribution in [2.45, 2.75) is 44.6 Å². The van der Waals surface area contributed by atoms with Crippen LogP contribution in [0.25, 0.3) is 6.08 Å². The van der Waals surface area contributed by atoms with E-state index in [9.17, 15) is 5.11 Å². The lowest BCUT2D eigenvalue weighted by Crippen LogP contribution is -2.35. The number of ether oxygens (including phenoxy) is 1. The van der Waals surface area contributed by atoms with E-state index in [2.05, 4.69) is 37.3 Å². The Balaban J connectivity index is 1.85. The smallest absolute Gasteiger partial charge is 0.113 e. The first-order valence-corrected chi connectivity index (χ1v) is 8.65. The summed E-state index contributed by atoms with van der Waals surface area (Å²) in [5.74, 6) is 0. The van der Waals surface area contributed by atoms with E-state index in [1.54, 1.807) is 0 Å². The van der Waals surface area contributed by atoms with Gasteiger partial charge in [-0.05, 0) is 23.6 Å². The number of unbranched alkanes of at least 4 members (excludes halogenated alkanes) is 3. The molecule has 2 heteroatoms. The molecule has 0 aromatic heterocycles. The van der Waals surface area contributed by atoms with Crippen LogP contribution in [0.15, 0.2) is 60.2 Å². The molecule has 1 atom stereocenters. The molecular formula is C21H28O2. The van der Waals surface area contributed by atoms with Crippen LogP contribution >= 0.6 is 0 Å². The SMILES string of the molecule is CCCCCCOC1(CO)C=CC(C=Cc2ccccc2)=CC1. The molecule has 0 radical (unpaired) electrons. The summed E-state index contributed by atoms with van der Waals surface area (Å²) in [4.78, 5) is 0. The topological polar surface area (TPSA) is 29.5 Å². The van der Waals surface area contributed by atoms with Crippen LogP contribution in [0.2, 0.25) is 0 Å². The molecule has 0 heterocycles. The van der Waals surface area contributed by atoms with Crippen molar-refractivity contribution < 1.29 is 9.84 Å². The fraction of sp³-hybridized carbons (Fsp3) is 0.429. The number of rotatable bonds is 9. The molecule has 1 aliphatic rings. The molecule has 0 spiro atoms. The lowest BCUT2D eigenvalue weighted by molar-refractivity contribution is -0.0453. The fourth-order valence-electron chi connectivity index (χ4n) is 2.63. The highest BCUT2D eigenvalue weighted by atomic mass is 16.5. The van der Waals surface area contributed by atoms with Gasteiger partial charge in [-0.25, -0.2) is 0 Å². The first-order valence-electron chi connectivity index (χ1n) is 8.65. The van der Waals surface area contributed by atoms with Gasteiger partial charge in [0.05, 0.1) is 6.61 Å². The standard InChI is InChI=1S/C21H28O2/c1-2-3-4-8-17-23-21(18-22)15-13-20(14-16-21)12-11-19-9-6-5-7-10-19/h5-7,9-15,22H,2-4,8,16-18H2,1H3. The van der Waals surface area contributed by atoms with E-state index in [1.165, 1.54) is 24.8 Å². The van der Waals surface area contributed by atoms with Gasteiger partial charge in [-0.2, -0.15) is 0 Å². The molecule has 23 heavy (non-hydrogen) atoms. The molecule has 1 aromatic carbocycles. The summed E-state index contributed by atoms with van der Waals surface area (Å²) >= 11 is 0. The molecule has 124 valence electrons. The van der Waals surface area contributed by atoms with E-state index < -0.39 is 5.60 Å². The molecule has 1 aliphatic carbocycles. The van der Waals surface area contributed by atoms with E-state index >= 15 is 0 Å². The van der Waals surface area contributed by atoms with Crippen molar-refractivity contribution in [2.24, 2.45) is 0 Å². The molecule has 0 saturated carbocycles. The molecule has 0 fully saturated rings. The van der Waals surface area contributed by atoms with Crippen LogP contribution in [0.4, 0.5) is 0 Å².